The molecule has 1 rings (SSSR count). The Hall–Kier alpha value is -1.02. The van der Waals surface area contributed by atoms with Gasteiger partial charge in [0.1, 0.15) is 0 Å². The molecule has 0 saturated carbocycles. The average molecular weight is 277 g/mol. The van der Waals surface area contributed by atoms with Crippen molar-refractivity contribution < 1.29 is 4.84 Å². The summed E-state index contributed by atoms with van der Waals surface area (Å²) in [5.41, 5.74) is 5.94. The van der Waals surface area contributed by atoms with E-state index in [1.54, 1.807) is 0 Å². The second kappa shape index (κ2) is 7.12. The monoisotopic (exact) mass is 277 g/mol. The predicted molar refractivity (Wildman–Crippen MR) is 88.0 cm³/mol. The highest BCUT2D eigenvalue weighted by molar-refractivity contribution is 5.45. The molecule has 0 aliphatic rings. The van der Waals surface area contributed by atoms with E-state index in [0.717, 1.165) is 31.6 Å². The number of benzene rings is 1. The number of nitrogens with one attached hydrogen (secondary N) is 1. The first-order valence-corrected chi connectivity index (χ1v) is 7.73. The summed E-state index contributed by atoms with van der Waals surface area (Å²) >= 11 is 0. The summed E-state index contributed by atoms with van der Waals surface area (Å²) in [7, 11) is 0. The molecule has 2 nitrogen and oxygen atoms in total. The molecule has 114 valence electrons. The van der Waals surface area contributed by atoms with Crippen molar-refractivity contribution in [3.8, 4) is 0 Å². The summed E-state index contributed by atoms with van der Waals surface area (Å²) in [5, 5.41) is 0. The van der Waals surface area contributed by atoms with Crippen molar-refractivity contribution >= 4 is 5.69 Å². The van der Waals surface area contributed by atoms with Crippen LogP contribution in [0.4, 0.5) is 5.69 Å². The van der Waals surface area contributed by atoms with E-state index in [1.165, 1.54) is 5.56 Å². The van der Waals surface area contributed by atoms with Gasteiger partial charge in [0.05, 0.1) is 12.3 Å². The standard InChI is InChI=1S/C18H31NO/c1-7-8-12-20-19-16-11-9-10-15(13-16)18(5,6)14-17(2,3)4/h9-11,13,19H,7-8,12,14H2,1-6H3. The molecule has 0 spiro atoms. The topological polar surface area (TPSA) is 21.3 Å². The molecule has 0 aliphatic carbocycles. The molecule has 0 unspecified atom stereocenters. The van der Waals surface area contributed by atoms with Crippen LogP contribution in [-0.4, -0.2) is 6.61 Å². The summed E-state index contributed by atoms with van der Waals surface area (Å²) in [6.07, 6.45) is 3.39. The average Bonchev–Trinajstić information content (AvgIpc) is 2.32. The quantitative estimate of drug-likeness (QED) is 0.521. The Labute approximate surface area is 124 Å². The highest BCUT2D eigenvalue weighted by atomic mass is 16.6. The second-order valence-corrected chi connectivity index (χ2v) is 7.51. The van der Waals surface area contributed by atoms with E-state index in [-0.39, 0.29) is 5.41 Å². The Balaban J connectivity index is 2.71. The first kappa shape index (κ1) is 17.0. The molecule has 0 saturated heterocycles. The van der Waals surface area contributed by atoms with Gasteiger partial charge in [-0.15, -0.1) is 0 Å². The number of anilines is 1. The number of hydrogen-bond acceptors (Lipinski definition) is 2. The molecule has 0 atom stereocenters. The van der Waals surface area contributed by atoms with Crippen LogP contribution in [0.5, 0.6) is 0 Å². The number of rotatable bonds is 7. The van der Waals surface area contributed by atoms with Crippen molar-refractivity contribution in [2.45, 2.75) is 66.2 Å². The van der Waals surface area contributed by atoms with Gasteiger partial charge in [-0.3, -0.25) is 10.3 Å². The van der Waals surface area contributed by atoms with Crippen LogP contribution in [-0.2, 0) is 10.3 Å². The van der Waals surface area contributed by atoms with E-state index < -0.39 is 0 Å². The lowest BCUT2D eigenvalue weighted by molar-refractivity contribution is 0.189. The Morgan fingerprint density at radius 1 is 1.10 bits per heavy atom. The molecular formula is C18H31NO. The van der Waals surface area contributed by atoms with Crippen LogP contribution in [0.1, 0.15) is 66.4 Å². The highest BCUT2D eigenvalue weighted by Crippen LogP contribution is 2.36. The Morgan fingerprint density at radius 3 is 2.40 bits per heavy atom. The zero-order valence-corrected chi connectivity index (χ0v) is 14.0. The summed E-state index contributed by atoms with van der Waals surface area (Å²) in [4.78, 5) is 5.48. The molecule has 1 aromatic carbocycles. The molecule has 2 heteroatoms. The van der Waals surface area contributed by atoms with Gasteiger partial charge in [-0.2, -0.15) is 0 Å². The smallest absolute Gasteiger partial charge is 0.0745 e. The van der Waals surface area contributed by atoms with Crippen molar-refractivity contribution in [1.29, 1.82) is 0 Å². The molecule has 1 N–H and O–H groups in total. The summed E-state index contributed by atoms with van der Waals surface area (Å²) in [6, 6.07) is 8.58. The predicted octanol–water partition coefficient (Wildman–Crippen LogP) is 5.54. The van der Waals surface area contributed by atoms with E-state index in [4.69, 9.17) is 4.84 Å². The van der Waals surface area contributed by atoms with Crippen molar-refractivity contribution in [2.75, 3.05) is 12.1 Å². The van der Waals surface area contributed by atoms with E-state index in [1.807, 2.05) is 0 Å². The lowest BCUT2D eigenvalue weighted by atomic mass is 9.72. The SMILES string of the molecule is CCCCONc1cccc(C(C)(C)CC(C)(C)C)c1. The van der Waals surface area contributed by atoms with Gasteiger partial charge in [0, 0.05) is 0 Å². The van der Waals surface area contributed by atoms with Crippen molar-refractivity contribution in [3.05, 3.63) is 29.8 Å². The lowest BCUT2D eigenvalue weighted by Crippen LogP contribution is -2.24. The van der Waals surface area contributed by atoms with Crippen LogP contribution >= 0.6 is 0 Å². The maximum atomic E-state index is 5.48. The van der Waals surface area contributed by atoms with Crippen LogP contribution in [0.25, 0.3) is 0 Å². The summed E-state index contributed by atoms with van der Waals surface area (Å²) < 4.78 is 0. The van der Waals surface area contributed by atoms with Gasteiger partial charge < -0.3 is 0 Å². The van der Waals surface area contributed by atoms with Crippen LogP contribution in [0.3, 0.4) is 0 Å². The molecule has 0 amide bonds. The second-order valence-electron chi connectivity index (χ2n) is 7.51. The van der Waals surface area contributed by atoms with E-state index in [9.17, 15) is 0 Å². The fourth-order valence-electron chi connectivity index (χ4n) is 2.78. The van der Waals surface area contributed by atoms with Gasteiger partial charge in [-0.1, -0.05) is 60.1 Å². The fourth-order valence-corrected chi connectivity index (χ4v) is 2.78. The number of hydrogen-bond donors (Lipinski definition) is 1. The molecule has 0 fully saturated rings. The van der Waals surface area contributed by atoms with Gasteiger partial charge in [0.15, 0.2) is 0 Å². The van der Waals surface area contributed by atoms with Gasteiger partial charge in [-0.25, -0.2) is 0 Å². The van der Waals surface area contributed by atoms with E-state index >= 15 is 0 Å². The molecule has 0 aliphatic heterocycles. The van der Waals surface area contributed by atoms with Crippen LogP contribution in [0, 0.1) is 5.41 Å². The molecule has 0 radical (unpaired) electrons. The van der Waals surface area contributed by atoms with Crippen LogP contribution in [0.2, 0.25) is 0 Å². The normalized spacial score (nSPS) is 12.5. The van der Waals surface area contributed by atoms with Crippen molar-refractivity contribution in [3.63, 3.8) is 0 Å². The van der Waals surface area contributed by atoms with Gasteiger partial charge >= 0.3 is 0 Å². The van der Waals surface area contributed by atoms with Gasteiger partial charge in [0.2, 0.25) is 0 Å². The Kier molecular flexibility index (Phi) is 6.07. The zero-order chi connectivity index (χ0) is 15.2. The minimum absolute atomic E-state index is 0.166. The summed E-state index contributed by atoms with van der Waals surface area (Å²) in [6.45, 7) is 14.4. The van der Waals surface area contributed by atoms with Crippen molar-refractivity contribution in [1.82, 2.24) is 0 Å². The van der Waals surface area contributed by atoms with Crippen molar-refractivity contribution in [2.24, 2.45) is 5.41 Å². The Bertz CT molecular complexity index is 404. The zero-order valence-electron chi connectivity index (χ0n) is 14.0. The maximum absolute atomic E-state index is 5.48. The molecule has 0 heterocycles. The van der Waals surface area contributed by atoms with Crippen LogP contribution < -0.4 is 5.48 Å². The molecule has 0 aromatic heterocycles. The lowest BCUT2D eigenvalue weighted by Gasteiger charge is -2.33. The number of unbranched alkanes of at least 4 members (excludes halogenated alkanes) is 1. The minimum Gasteiger partial charge on any atom is -0.276 e. The van der Waals surface area contributed by atoms with E-state index in [0.29, 0.717) is 5.41 Å². The van der Waals surface area contributed by atoms with Gasteiger partial charge in [-0.05, 0) is 41.4 Å². The van der Waals surface area contributed by atoms with Crippen LogP contribution in [0.15, 0.2) is 24.3 Å². The fraction of sp³-hybridized carbons (Fsp3) is 0.667. The highest BCUT2D eigenvalue weighted by Gasteiger charge is 2.27. The molecule has 1 aromatic rings. The third kappa shape index (κ3) is 5.96. The first-order valence-electron chi connectivity index (χ1n) is 7.73. The molecule has 20 heavy (non-hydrogen) atoms. The van der Waals surface area contributed by atoms with Gasteiger partial charge in [0.25, 0.3) is 0 Å². The van der Waals surface area contributed by atoms with E-state index in [2.05, 4.69) is 71.3 Å². The summed E-state index contributed by atoms with van der Waals surface area (Å²) in [5.74, 6) is 0. The third-order valence-corrected chi connectivity index (χ3v) is 3.41. The largest absolute Gasteiger partial charge is 0.276 e. The Morgan fingerprint density at radius 2 is 1.80 bits per heavy atom. The first-order chi connectivity index (χ1) is 9.24. The minimum atomic E-state index is 0.166. The molecule has 0 bridgehead atoms. The maximum Gasteiger partial charge on any atom is 0.0745 e. The third-order valence-electron chi connectivity index (χ3n) is 3.41. The molecular weight excluding hydrogens is 246 g/mol.